The fraction of sp³-hybridized carbons (Fsp3) is 0.400. The summed E-state index contributed by atoms with van der Waals surface area (Å²) in [5.74, 6) is 1.23. The predicted octanol–water partition coefficient (Wildman–Crippen LogP) is 2.08. The maximum Gasteiger partial charge on any atom is 0.157 e. The predicted molar refractivity (Wildman–Crippen MR) is 75.7 cm³/mol. The normalized spacial score (nSPS) is 12.2. The van der Waals surface area contributed by atoms with Gasteiger partial charge in [-0.15, -0.1) is 0 Å². The molecule has 0 amide bonds. The zero-order chi connectivity index (χ0) is 14.7. The van der Waals surface area contributed by atoms with Crippen LogP contribution in [-0.2, 0) is 6.42 Å². The second-order valence-corrected chi connectivity index (χ2v) is 4.88. The van der Waals surface area contributed by atoms with Gasteiger partial charge in [0.15, 0.2) is 5.82 Å². The van der Waals surface area contributed by atoms with Gasteiger partial charge >= 0.3 is 0 Å². The SMILES string of the molecule is COc1c(C)cnc(CC(O)c2ncc(C)cn2)c1C. The molecule has 1 unspecified atom stereocenters. The van der Waals surface area contributed by atoms with Gasteiger partial charge in [-0.05, 0) is 26.3 Å². The largest absolute Gasteiger partial charge is 0.496 e. The lowest BCUT2D eigenvalue weighted by atomic mass is 10.1. The molecule has 0 aromatic carbocycles. The zero-order valence-corrected chi connectivity index (χ0v) is 12.2. The maximum atomic E-state index is 10.2. The van der Waals surface area contributed by atoms with E-state index in [0.717, 1.165) is 28.1 Å². The van der Waals surface area contributed by atoms with Crippen LogP contribution in [-0.4, -0.2) is 27.2 Å². The number of methoxy groups -OCH3 is 1. The molecular formula is C15H19N3O2. The summed E-state index contributed by atoms with van der Waals surface area (Å²) in [4.78, 5) is 12.7. The molecule has 0 spiro atoms. The summed E-state index contributed by atoms with van der Waals surface area (Å²) >= 11 is 0. The molecule has 0 aliphatic rings. The summed E-state index contributed by atoms with van der Waals surface area (Å²) in [5.41, 5.74) is 3.69. The van der Waals surface area contributed by atoms with E-state index in [2.05, 4.69) is 15.0 Å². The summed E-state index contributed by atoms with van der Waals surface area (Å²) in [6, 6.07) is 0. The highest BCUT2D eigenvalue weighted by atomic mass is 16.5. The van der Waals surface area contributed by atoms with Crippen molar-refractivity contribution in [2.45, 2.75) is 33.3 Å². The first-order valence-electron chi connectivity index (χ1n) is 6.48. The number of pyridine rings is 1. The molecule has 5 heteroatoms. The maximum absolute atomic E-state index is 10.2. The van der Waals surface area contributed by atoms with Crippen LogP contribution in [0, 0.1) is 20.8 Å². The van der Waals surface area contributed by atoms with Gasteiger partial charge in [0.05, 0.1) is 7.11 Å². The molecule has 5 nitrogen and oxygen atoms in total. The first-order chi connectivity index (χ1) is 9.52. The van der Waals surface area contributed by atoms with Crippen molar-refractivity contribution in [2.24, 2.45) is 0 Å². The lowest BCUT2D eigenvalue weighted by Gasteiger charge is -2.14. The number of hydrogen-bond donors (Lipinski definition) is 1. The van der Waals surface area contributed by atoms with Crippen molar-refractivity contribution in [1.82, 2.24) is 15.0 Å². The van der Waals surface area contributed by atoms with E-state index in [1.807, 2.05) is 20.8 Å². The minimum Gasteiger partial charge on any atom is -0.496 e. The second-order valence-electron chi connectivity index (χ2n) is 4.88. The Bertz CT molecular complexity index is 597. The molecule has 0 aliphatic heterocycles. The van der Waals surface area contributed by atoms with Crippen molar-refractivity contribution in [3.63, 3.8) is 0 Å². The third-order valence-corrected chi connectivity index (χ3v) is 3.24. The molecule has 2 rings (SSSR count). The van der Waals surface area contributed by atoms with Crippen LogP contribution in [0.2, 0.25) is 0 Å². The molecule has 1 atom stereocenters. The van der Waals surface area contributed by atoms with E-state index in [0.29, 0.717) is 12.2 Å². The van der Waals surface area contributed by atoms with Gasteiger partial charge in [-0.3, -0.25) is 4.98 Å². The van der Waals surface area contributed by atoms with Crippen LogP contribution in [0.3, 0.4) is 0 Å². The average molecular weight is 273 g/mol. The first kappa shape index (κ1) is 14.4. The Morgan fingerprint density at radius 2 is 1.75 bits per heavy atom. The summed E-state index contributed by atoms with van der Waals surface area (Å²) < 4.78 is 5.37. The van der Waals surface area contributed by atoms with E-state index in [4.69, 9.17) is 4.74 Å². The molecular weight excluding hydrogens is 254 g/mol. The van der Waals surface area contributed by atoms with E-state index < -0.39 is 6.10 Å². The van der Waals surface area contributed by atoms with E-state index in [1.165, 1.54) is 0 Å². The Hall–Kier alpha value is -2.01. The number of hydrogen-bond acceptors (Lipinski definition) is 5. The monoisotopic (exact) mass is 273 g/mol. The van der Waals surface area contributed by atoms with Crippen molar-refractivity contribution in [3.05, 3.63) is 46.8 Å². The van der Waals surface area contributed by atoms with Crippen LogP contribution in [0.1, 0.15) is 34.3 Å². The van der Waals surface area contributed by atoms with Gasteiger partial charge in [0.25, 0.3) is 0 Å². The molecule has 0 saturated carbocycles. The third-order valence-electron chi connectivity index (χ3n) is 3.24. The fourth-order valence-corrected chi connectivity index (χ4v) is 2.13. The summed E-state index contributed by atoms with van der Waals surface area (Å²) in [5, 5.41) is 10.2. The Labute approximate surface area is 118 Å². The van der Waals surface area contributed by atoms with Crippen LogP contribution in [0.15, 0.2) is 18.6 Å². The molecule has 0 saturated heterocycles. The molecule has 2 heterocycles. The van der Waals surface area contributed by atoms with Crippen molar-refractivity contribution in [2.75, 3.05) is 7.11 Å². The average Bonchev–Trinajstić information content (AvgIpc) is 2.43. The number of aromatic nitrogens is 3. The summed E-state index contributed by atoms with van der Waals surface area (Å²) in [6.45, 7) is 5.80. The molecule has 106 valence electrons. The molecule has 0 fully saturated rings. The Morgan fingerprint density at radius 1 is 1.10 bits per heavy atom. The molecule has 0 aliphatic carbocycles. The highest BCUT2D eigenvalue weighted by Crippen LogP contribution is 2.26. The third kappa shape index (κ3) is 2.93. The van der Waals surface area contributed by atoms with Crippen LogP contribution < -0.4 is 4.74 Å². The van der Waals surface area contributed by atoms with E-state index in [-0.39, 0.29) is 0 Å². The number of aliphatic hydroxyl groups is 1. The second kappa shape index (κ2) is 5.96. The summed E-state index contributed by atoms with van der Waals surface area (Å²) in [7, 11) is 1.64. The van der Waals surface area contributed by atoms with Crippen LogP contribution in [0.5, 0.6) is 5.75 Å². The molecule has 20 heavy (non-hydrogen) atoms. The quantitative estimate of drug-likeness (QED) is 0.923. The van der Waals surface area contributed by atoms with Gasteiger partial charge in [-0.2, -0.15) is 0 Å². The highest BCUT2D eigenvalue weighted by Gasteiger charge is 2.16. The van der Waals surface area contributed by atoms with E-state index in [9.17, 15) is 5.11 Å². The van der Waals surface area contributed by atoms with Crippen LogP contribution in [0.4, 0.5) is 0 Å². The smallest absolute Gasteiger partial charge is 0.157 e. The molecule has 2 aromatic heterocycles. The fourth-order valence-electron chi connectivity index (χ4n) is 2.13. The van der Waals surface area contributed by atoms with Gasteiger partial charge in [0.1, 0.15) is 11.9 Å². The Morgan fingerprint density at radius 3 is 2.35 bits per heavy atom. The first-order valence-corrected chi connectivity index (χ1v) is 6.48. The standard InChI is InChI=1S/C15H19N3O2/c1-9-6-17-15(18-7-9)13(19)5-12-11(3)14(20-4)10(2)8-16-12/h6-8,13,19H,5H2,1-4H3. The van der Waals surface area contributed by atoms with Gasteiger partial charge in [0, 0.05) is 41.8 Å². The van der Waals surface area contributed by atoms with E-state index in [1.54, 1.807) is 25.7 Å². The number of rotatable bonds is 4. The van der Waals surface area contributed by atoms with Crippen molar-refractivity contribution in [1.29, 1.82) is 0 Å². The van der Waals surface area contributed by atoms with E-state index >= 15 is 0 Å². The topological polar surface area (TPSA) is 68.1 Å². The minimum atomic E-state index is -0.769. The lowest BCUT2D eigenvalue weighted by Crippen LogP contribution is -2.10. The molecule has 1 N–H and O–H groups in total. The Kier molecular flexibility index (Phi) is 4.29. The molecule has 2 aromatic rings. The summed E-state index contributed by atoms with van der Waals surface area (Å²) in [6.07, 6.45) is 4.74. The minimum absolute atomic E-state index is 0.367. The van der Waals surface area contributed by atoms with Crippen molar-refractivity contribution >= 4 is 0 Å². The zero-order valence-electron chi connectivity index (χ0n) is 12.2. The van der Waals surface area contributed by atoms with Gasteiger partial charge in [-0.1, -0.05) is 0 Å². The van der Waals surface area contributed by atoms with Gasteiger partial charge in [0.2, 0.25) is 0 Å². The van der Waals surface area contributed by atoms with Crippen molar-refractivity contribution < 1.29 is 9.84 Å². The number of aliphatic hydroxyl groups excluding tert-OH is 1. The van der Waals surface area contributed by atoms with Crippen LogP contribution >= 0.6 is 0 Å². The number of aryl methyl sites for hydroxylation is 2. The van der Waals surface area contributed by atoms with Crippen molar-refractivity contribution in [3.8, 4) is 5.75 Å². The lowest BCUT2D eigenvalue weighted by molar-refractivity contribution is 0.166. The van der Waals surface area contributed by atoms with Gasteiger partial charge < -0.3 is 9.84 Å². The molecule has 0 radical (unpaired) electrons. The Balaban J connectivity index is 2.23. The molecule has 0 bridgehead atoms. The highest BCUT2D eigenvalue weighted by molar-refractivity contribution is 5.41. The van der Waals surface area contributed by atoms with Gasteiger partial charge in [-0.25, -0.2) is 9.97 Å². The number of ether oxygens (including phenoxy) is 1. The number of nitrogens with zero attached hydrogens (tertiary/aromatic N) is 3. The van der Waals surface area contributed by atoms with Crippen LogP contribution in [0.25, 0.3) is 0 Å².